The second-order valence-electron chi connectivity index (χ2n) is 4.54. The van der Waals surface area contributed by atoms with Gasteiger partial charge in [-0.2, -0.15) is 0 Å². The summed E-state index contributed by atoms with van der Waals surface area (Å²) in [6, 6.07) is 1.47. The molecule has 1 aromatic rings. The topological polar surface area (TPSA) is 85.1 Å². The SMILES string of the molecule is Nc1ncc(Br)cc1S(=O)(=O)NCC1CCCC1. The van der Waals surface area contributed by atoms with Crippen molar-refractivity contribution < 1.29 is 8.42 Å². The number of nitrogen functional groups attached to an aromatic ring is 1. The zero-order valence-corrected chi connectivity index (χ0v) is 12.3. The predicted octanol–water partition coefficient (Wildman–Crippen LogP) is 1.89. The van der Waals surface area contributed by atoms with Crippen molar-refractivity contribution in [1.29, 1.82) is 0 Å². The minimum absolute atomic E-state index is 0.0251. The molecule has 100 valence electrons. The van der Waals surface area contributed by atoms with Crippen LogP contribution in [0.2, 0.25) is 0 Å². The van der Waals surface area contributed by atoms with Crippen molar-refractivity contribution in [2.45, 2.75) is 30.6 Å². The van der Waals surface area contributed by atoms with Crippen LogP contribution in [0, 0.1) is 5.92 Å². The van der Waals surface area contributed by atoms with E-state index in [9.17, 15) is 8.42 Å². The van der Waals surface area contributed by atoms with Crippen LogP contribution >= 0.6 is 15.9 Å². The molecule has 0 spiro atoms. The van der Waals surface area contributed by atoms with E-state index in [0.29, 0.717) is 16.9 Å². The Bertz CT molecular complexity index is 527. The summed E-state index contributed by atoms with van der Waals surface area (Å²) in [5.74, 6) is 0.471. The molecule has 0 bridgehead atoms. The highest BCUT2D eigenvalue weighted by Gasteiger charge is 2.22. The van der Waals surface area contributed by atoms with E-state index >= 15 is 0 Å². The Labute approximate surface area is 115 Å². The van der Waals surface area contributed by atoms with Crippen LogP contribution in [0.5, 0.6) is 0 Å². The number of hydrogen-bond donors (Lipinski definition) is 2. The highest BCUT2D eigenvalue weighted by atomic mass is 79.9. The van der Waals surface area contributed by atoms with Crippen molar-refractivity contribution in [3.8, 4) is 0 Å². The molecular formula is C11H16BrN3O2S. The molecule has 0 saturated heterocycles. The number of rotatable bonds is 4. The fraction of sp³-hybridized carbons (Fsp3) is 0.545. The van der Waals surface area contributed by atoms with Gasteiger partial charge >= 0.3 is 0 Å². The third-order valence-electron chi connectivity index (χ3n) is 3.17. The van der Waals surface area contributed by atoms with Crippen molar-refractivity contribution >= 4 is 31.8 Å². The Morgan fingerprint density at radius 3 is 2.78 bits per heavy atom. The van der Waals surface area contributed by atoms with Gasteiger partial charge in [-0.25, -0.2) is 18.1 Å². The van der Waals surface area contributed by atoms with Gasteiger partial charge in [0.2, 0.25) is 10.0 Å². The lowest BCUT2D eigenvalue weighted by Crippen LogP contribution is -2.29. The maximum atomic E-state index is 12.1. The first kappa shape index (κ1) is 13.8. The Balaban J connectivity index is 2.12. The van der Waals surface area contributed by atoms with Crippen molar-refractivity contribution in [3.05, 3.63) is 16.7 Å². The second-order valence-corrected chi connectivity index (χ2v) is 7.19. The molecule has 1 saturated carbocycles. The highest BCUT2D eigenvalue weighted by Crippen LogP contribution is 2.25. The summed E-state index contributed by atoms with van der Waals surface area (Å²) in [6.07, 6.45) is 6.04. The average Bonchev–Trinajstić information content (AvgIpc) is 2.83. The third kappa shape index (κ3) is 3.21. The molecule has 1 aromatic heterocycles. The fourth-order valence-electron chi connectivity index (χ4n) is 2.17. The molecule has 0 aromatic carbocycles. The van der Waals surface area contributed by atoms with Crippen LogP contribution in [-0.4, -0.2) is 19.9 Å². The van der Waals surface area contributed by atoms with Crippen LogP contribution in [0.3, 0.4) is 0 Å². The molecule has 3 N–H and O–H groups in total. The van der Waals surface area contributed by atoms with E-state index in [-0.39, 0.29) is 10.7 Å². The summed E-state index contributed by atoms with van der Waals surface area (Å²) in [5.41, 5.74) is 5.61. The highest BCUT2D eigenvalue weighted by molar-refractivity contribution is 9.10. The van der Waals surface area contributed by atoms with Gasteiger partial charge in [0.1, 0.15) is 10.7 Å². The number of halogens is 1. The Hall–Kier alpha value is -0.660. The Morgan fingerprint density at radius 2 is 2.11 bits per heavy atom. The zero-order valence-electron chi connectivity index (χ0n) is 9.89. The normalized spacial score (nSPS) is 17.2. The van der Waals surface area contributed by atoms with E-state index in [1.165, 1.54) is 25.1 Å². The van der Waals surface area contributed by atoms with Crippen LogP contribution in [0.4, 0.5) is 5.82 Å². The second kappa shape index (κ2) is 5.54. The Morgan fingerprint density at radius 1 is 1.44 bits per heavy atom. The monoisotopic (exact) mass is 333 g/mol. The first-order chi connectivity index (χ1) is 8.49. The number of aromatic nitrogens is 1. The number of anilines is 1. The first-order valence-corrected chi connectivity index (χ1v) is 8.17. The van der Waals surface area contributed by atoms with Gasteiger partial charge in [0, 0.05) is 17.2 Å². The Kier molecular flexibility index (Phi) is 4.24. The lowest BCUT2D eigenvalue weighted by Gasteiger charge is -2.12. The number of nitrogens with one attached hydrogen (secondary N) is 1. The first-order valence-electron chi connectivity index (χ1n) is 5.90. The molecule has 18 heavy (non-hydrogen) atoms. The van der Waals surface area contributed by atoms with E-state index in [1.54, 1.807) is 0 Å². The molecule has 0 amide bonds. The predicted molar refractivity (Wildman–Crippen MR) is 73.5 cm³/mol. The van der Waals surface area contributed by atoms with Crippen LogP contribution in [0.1, 0.15) is 25.7 Å². The number of nitrogens with two attached hydrogens (primary N) is 1. The van der Waals surface area contributed by atoms with Crippen molar-refractivity contribution in [2.75, 3.05) is 12.3 Å². The van der Waals surface area contributed by atoms with E-state index < -0.39 is 10.0 Å². The smallest absolute Gasteiger partial charge is 0.244 e. The van der Waals surface area contributed by atoms with Crippen LogP contribution < -0.4 is 10.5 Å². The molecule has 0 unspecified atom stereocenters. The molecule has 2 rings (SSSR count). The molecular weight excluding hydrogens is 318 g/mol. The fourth-order valence-corrected chi connectivity index (χ4v) is 3.87. The average molecular weight is 334 g/mol. The van der Waals surface area contributed by atoms with Gasteiger partial charge in [-0.1, -0.05) is 12.8 Å². The van der Waals surface area contributed by atoms with Gasteiger partial charge in [-0.05, 0) is 40.8 Å². The van der Waals surface area contributed by atoms with Gasteiger partial charge in [-0.3, -0.25) is 0 Å². The van der Waals surface area contributed by atoms with Crippen molar-refractivity contribution in [3.63, 3.8) is 0 Å². The molecule has 0 radical (unpaired) electrons. The van der Waals surface area contributed by atoms with Gasteiger partial charge in [0.25, 0.3) is 0 Å². The van der Waals surface area contributed by atoms with E-state index in [4.69, 9.17) is 5.73 Å². The van der Waals surface area contributed by atoms with Crippen molar-refractivity contribution in [1.82, 2.24) is 9.71 Å². The molecule has 1 heterocycles. The van der Waals surface area contributed by atoms with E-state index in [2.05, 4.69) is 25.6 Å². The lowest BCUT2D eigenvalue weighted by molar-refractivity contribution is 0.519. The summed E-state index contributed by atoms with van der Waals surface area (Å²) < 4.78 is 27.4. The maximum Gasteiger partial charge on any atom is 0.244 e. The third-order valence-corrected chi connectivity index (χ3v) is 5.06. The number of sulfonamides is 1. The van der Waals surface area contributed by atoms with Crippen molar-refractivity contribution in [2.24, 2.45) is 5.92 Å². The summed E-state index contributed by atoms with van der Waals surface area (Å²) in [4.78, 5) is 3.87. The summed E-state index contributed by atoms with van der Waals surface area (Å²) in [5, 5.41) is 0. The van der Waals surface area contributed by atoms with Gasteiger partial charge in [0.05, 0.1) is 0 Å². The molecule has 1 aliphatic rings. The molecule has 1 fully saturated rings. The van der Waals surface area contributed by atoms with Crippen LogP contribution in [0.25, 0.3) is 0 Å². The van der Waals surface area contributed by atoms with Crippen LogP contribution in [-0.2, 0) is 10.0 Å². The molecule has 5 nitrogen and oxygen atoms in total. The minimum atomic E-state index is -3.57. The largest absolute Gasteiger partial charge is 0.383 e. The zero-order chi connectivity index (χ0) is 13.2. The molecule has 0 atom stereocenters. The quantitative estimate of drug-likeness (QED) is 0.881. The molecule has 1 aliphatic carbocycles. The van der Waals surface area contributed by atoms with Gasteiger partial charge in [0.15, 0.2) is 0 Å². The summed E-state index contributed by atoms with van der Waals surface area (Å²) >= 11 is 3.20. The van der Waals surface area contributed by atoms with Gasteiger partial charge < -0.3 is 5.73 Å². The summed E-state index contributed by atoms with van der Waals surface area (Å²) in [7, 11) is -3.57. The maximum absolute atomic E-state index is 12.1. The lowest BCUT2D eigenvalue weighted by atomic mass is 10.1. The van der Waals surface area contributed by atoms with E-state index in [0.717, 1.165) is 12.8 Å². The van der Waals surface area contributed by atoms with Crippen LogP contribution in [0.15, 0.2) is 21.6 Å². The molecule has 0 aliphatic heterocycles. The summed E-state index contributed by atoms with van der Waals surface area (Å²) in [6.45, 7) is 0.480. The number of pyridine rings is 1. The molecule has 7 heteroatoms. The number of hydrogen-bond acceptors (Lipinski definition) is 4. The van der Waals surface area contributed by atoms with Gasteiger partial charge in [-0.15, -0.1) is 0 Å². The van der Waals surface area contributed by atoms with E-state index in [1.807, 2.05) is 0 Å². The standard InChI is InChI=1S/C11H16BrN3O2S/c12-9-5-10(11(13)14-7-9)18(16,17)15-6-8-3-1-2-4-8/h5,7-8,15H,1-4,6H2,(H2,13,14). The minimum Gasteiger partial charge on any atom is -0.383 e. The number of nitrogens with zero attached hydrogens (tertiary/aromatic N) is 1.